The first kappa shape index (κ1) is 20.2. The molecule has 0 fully saturated rings. The number of nitrogens with one attached hydrogen (secondary N) is 1. The van der Waals surface area contributed by atoms with E-state index in [1.165, 1.54) is 13.8 Å². The second-order valence-electron chi connectivity index (χ2n) is 6.91. The van der Waals surface area contributed by atoms with E-state index in [0.717, 1.165) is 18.4 Å². The first-order valence-electron chi connectivity index (χ1n) is 8.57. The average molecular weight is 334 g/mol. The molecule has 1 rings (SSSR count). The number of primary amides is 1. The summed E-state index contributed by atoms with van der Waals surface area (Å²) in [6.07, 6.45) is 2.68. The quantitative estimate of drug-likeness (QED) is 0.606. The number of aliphatic hydroxyl groups is 1. The smallest absolute Gasteiger partial charge is 0.235 e. The first-order chi connectivity index (χ1) is 11.2. The SMILES string of the molecule is CCCC(O)(CCC)[C@H](NC(=O)C(C)(C)C(N)=O)c1ccccc1. The summed E-state index contributed by atoms with van der Waals surface area (Å²) in [5, 5.41) is 14.1. The first-order valence-corrected chi connectivity index (χ1v) is 8.57. The van der Waals surface area contributed by atoms with Gasteiger partial charge in [-0.25, -0.2) is 0 Å². The Balaban J connectivity index is 3.24. The lowest BCUT2D eigenvalue weighted by Gasteiger charge is -2.38. The lowest BCUT2D eigenvalue weighted by Crippen LogP contribution is -2.52. The molecule has 1 atom stereocenters. The molecule has 0 heterocycles. The highest BCUT2D eigenvalue weighted by Crippen LogP contribution is 2.35. The van der Waals surface area contributed by atoms with Crippen LogP contribution in [-0.2, 0) is 9.59 Å². The van der Waals surface area contributed by atoms with Crippen LogP contribution in [0.3, 0.4) is 0 Å². The molecule has 4 N–H and O–H groups in total. The third-order valence-electron chi connectivity index (χ3n) is 4.50. The highest BCUT2D eigenvalue weighted by atomic mass is 16.3. The largest absolute Gasteiger partial charge is 0.387 e. The summed E-state index contributed by atoms with van der Waals surface area (Å²) >= 11 is 0. The second-order valence-corrected chi connectivity index (χ2v) is 6.91. The van der Waals surface area contributed by atoms with E-state index in [2.05, 4.69) is 5.32 Å². The van der Waals surface area contributed by atoms with Crippen LogP contribution in [0.1, 0.15) is 65.0 Å². The summed E-state index contributed by atoms with van der Waals surface area (Å²) in [6.45, 7) is 6.98. The third kappa shape index (κ3) is 4.57. The molecule has 0 aliphatic heterocycles. The monoisotopic (exact) mass is 334 g/mol. The molecule has 0 aliphatic carbocycles. The van der Waals surface area contributed by atoms with E-state index in [0.29, 0.717) is 12.8 Å². The lowest BCUT2D eigenvalue weighted by atomic mass is 9.80. The fourth-order valence-corrected chi connectivity index (χ4v) is 2.88. The highest BCUT2D eigenvalue weighted by molar-refractivity contribution is 6.03. The number of benzene rings is 1. The van der Waals surface area contributed by atoms with Gasteiger partial charge in [0.25, 0.3) is 0 Å². The van der Waals surface area contributed by atoms with Crippen molar-refractivity contribution in [2.24, 2.45) is 11.1 Å². The number of hydrogen-bond acceptors (Lipinski definition) is 3. The second kappa shape index (κ2) is 8.29. The molecular formula is C19H30N2O3. The molecule has 0 saturated carbocycles. The van der Waals surface area contributed by atoms with Crippen molar-refractivity contribution in [2.45, 2.75) is 65.0 Å². The van der Waals surface area contributed by atoms with Gasteiger partial charge in [0.1, 0.15) is 5.41 Å². The van der Waals surface area contributed by atoms with Crippen molar-refractivity contribution in [2.75, 3.05) is 0 Å². The van der Waals surface area contributed by atoms with Gasteiger partial charge in [0.05, 0.1) is 11.6 Å². The van der Waals surface area contributed by atoms with Gasteiger partial charge >= 0.3 is 0 Å². The van der Waals surface area contributed by atoms with E-state index in [9.17, 15) is 14.7 Å². The molecule has 0 unspecified atom stereocenters. The Labute approximate surface area is 144 Å². The summed E-state index contributed by atoms with van der Waals surface area (Å²) < 4.78 is 0. The van der Waals surface area contributed by atoms with E-state index in [4.69, 9.17) is 5.73 Å². The van der Waals surface area contributed by atoms with Crippen LogP contribution in [0, 0.1) is 5.41 Å². The van der Waals surface area contributed by atoms with E-state index in [-0.39, 0.29) is 0 Å². The van der Waals surface area contributed by atoms with Gasteiger partial charge in [-0.2, -0.15) is 0 Å². The number of rotatable bonds is 9. The molecule has 0 radical (unpaired) electrons. The molecule has 0 aromatic heterocycles. The van der Waals surface area contributed by atoms with Gasteiger partial charge in [-0.1, -0.05) is 57.0 Å². The summed E-state index contributed by atoms with van der Waals surface area (Å²) in [5.41, 5.74) is 3.75. The van der Waals surface area contributed by atoms with Crippen molar-refractivity contribution in [3.8, 4) is 0 Å². The molecule has 0 saturated heterocycles. The van der Waals surface area contributed by atoms with Gasteiger partial charge in [0.15, 0.2) is 0 Å². The van der Waals surface area contributed by atoms with Crippen molar-refractivity contribution in [1.29, 1.82) is 0 Å². The molecule has 5 nitrogen and oxygen atoms in total. The molecule has 1 aromatic carbocycles. The van der Waals surface area contributed by atoms with Crippen LogP contribution in [0.5, 0.6) is 0 Å². The summed E-state index contributed by atoms with van der Waals surface area (Å²) in [7, 11) is 0. The molecule has 0 spiro atoms. The Morgan fingerprint density at radius 2 is 1.62 bits per heavy atom. The standard InChI is InChI=1S/C19H30N2O3/c1-5-12-19(24,13-6-2)15(14-10-8-7-9-11-14)21-17(23)18(3,4)16(20)22/h7-11,15,24H,5-6,12-13H2,1-4H3,(H2,20,22)(H,21,23)/t15-/m1/s1. The Hall–Kier alpha value is -1.88. The predicted molar refractivity (Wildman–Crippen MR) is 95.1 cm³/mol. The number of carbonyl (C=O) groups excluding carboxylic acids is 2. The number of amides is 2. The van der Waals surface area contributed by atoms with Crippen LogP contribution in [0.4, 0.5) is 0 Å². The molecule has 24 heavy (non-hydrogen) atoms. The Morgan fingerprint density at radius 3 is 2.04 bits per heavy atom. The number of nitrogens with two attached hydrogens (primary N) is 1. The zero-order valence-corrected chi connectivity index (χ0v) is 15.1. The molecule has 0 aliphatic rings. The Kier molecular flexibility index (Phi) is 6.96. The normalized spacial score (nSPS) is 13.4. The average Bonchev–Trinajstić information content (AvgIpc) is 2.53. The van der Waals surface area contributed by atoms with Crippen molar-refractivity contribution in [3.05, 3.63) is 35.9 Å². The minimum absolute atomic E-state index is 0.477. The number of carbonyl (C=O) groups is 2. The maximum atomic E-state index is 12.6. The van der Waals surface area contributed by atoms with Crippen LogP contribution < -0.4 is 11.1 Å². The highest BCUT2D eigenvalue weighted by Gasteiger charge is 2.41. The van der Waals surface area contributed by atoms with Crippen molar-refractivity contribution < 1.29 is 14.7 Å². The van der Waals surface area contributed by atoms with Crippen LogP contribution >= 0.6 is 0 Å². The molecule has 1 aromatic rings. The summed E-state index contributed by atoms with van der Waals surface area (Å²) in [5.74, 6) is -1.17. The maximum absolute atomic E-state index is 12.6. The lowest BCUT2D eigenvalue weighted by molar-refractivity contribution is -0.141. The van der Waals surface area contributed by atoms with Crippen LogP contribution in [0.25, 0.3) is 0 Å². The Bertz CT molecular complexity index is 549. The van der Waals surface area contributed by atoms with Crippen molar-refractivity contribution in [3.63, 3.8) is 0 Å². The van der Waals surface area contributed by atoms with E-state index < -0.39 is 28.9 Å². The van der Waals surface area contributed by atoms with E-state index >= 15 is 0 Å². The van der Waals surface area contributed by atoms with Crippen LogP contribution in [0.15, 0.2) is 30.3 Å². The van der Waals surface area contributed by atoms with Gasteiger partial charge in [-0.05, 0) is 32.3 Å². The molecular weight excluding hydrogens is 304 g/mol. The molecule has 134 valence electrons. The van der Waals surface area contributed by atoms with Gasteiger partial charge in [-0.15, -0.1) is 0 Å². The molecule has 5 heteroatoms. The zero-order chi connectivity index (χ0) is 18.4. The zero-order valence-electron chi connectivity index (χ0n) is 15.1. The molecule has 0 bridgehead atoms. The minimum atomic E-state index is -1.34. The van der Waals surface area contributed by atoms with Crippen molar-refractivity contribution in [1.82, 2.24) is 5.32 Å². The fourth-order valence-electron chi connectivity index (χ4n) is 2.88. The van der Waals surface area contributed by atoms with Crippen LogP contribution in [0.2, 0.25) is 0 Å². The topological polar surface area (TPSA) is 92.4 Å². The van der Waals surface area contributed by atoms with Gasteiger partial charge in [0, 0.05) is 0 Å². The minimum Gasteiger partial charge on any atom is -0.387 e. The van der Waals surface area contributed by atoms with Crippen molar-refractivity contribution >= 4 is 11.8 Å². The van der Waals surface area contributed by atoms with Crippen LogP contribution in [-0.4, -0.2) is 22.5 Å². The summed E-state index contributed by atoms with van der Waals surface area (Å²) in [6, 6.07) is 8.77. The third-order valence-corrected chi connectivity index (χ3v) is 4.50. The number of hydrogen-bond donors (Lipinski definition) is 3. The maximum Gasteiger partial charge on any atom is 0.235 e. The van der Waals surface area contributed by atoms with Gasteiger partial charge in [0.2, 0.25) is 11.8 Å². The summed E-state index contributed by atoms with van der Waals surface area (Å²) in [4.78, 5) is 24.2. The van der Waals surface area contributed by atoms with E-state index in [1.807, 2.05) is 44.2 Å². The van der Waals surface area contributed by atoms with E-state index in [1.54, 1.807) is 0 Å². The van der Waals surface area contributed by atoms with Gasteiger partial charge < -0.3 is 16.2 Å². The predicted octanol–water partition coefficient (Wildman–Crippen LogP) is 2.69. The fraction of sp³-hybridized carbons (Fsp3) is 0.579. The van der Waals surface area contributed by atoms with Gasteiger partial charge in [-0.3, -0.25) is 9.59 Å². The Morgan fingerprint density at radius 1 is 1.12 bits per heavy atom. The molecule has 2 amide bonds.